The van der Waals surface area contributed by atoms with Crippen LogP contribution in [0.2, 0.25) is 0 Å². The molecule has 1 saturated heterocycles. The fraction of sp³-hybridized carbons (Fsp3) is 0.556. The van der Waals surface area contributed by atoms with E-state index in [1.165, 1.54) is 4.90 Å². The lowest BCUT2D eigenvalue weighted by atomic mass is 9.48. The van der Waals surface area contributed by atoms with Crippen molar-refractivity contribution in [3.8, 4) is 11.5 Å². The van der Waals surface area contributed by atoms with Crippen LogP contribution >= 0.6 is 0 Å². The molecule has 3 aliphatic carbocycles. The van der Waals surface area contributed by atoms with Gasteiger partial charge in [0.15, 0.2) is 11.5 Å². The van der Waals surface area contributed by atoms with Crippen molar-refractivity contribution in [1.82, 2.24) is 9.80 Å². The van der Waals surface area contributed by atoms with E-state index in [4.69, 9.17) is 4.74 Å². The van der Waals surface area contributed by atoms with Crippen LogP contribution in [0.15, 0.2) is 35.9 Å². The highest BCUT2D eigenvalue weighted by atomic mass is 16.5. The zero-order chi connectivity index (χ0) is 23.4. The minimum Gasteiger partial charge on any atom is -0.504 e. The van der Waals surface area contributed by atoms with Gasteiger partial charge in [-0.3, -0.25) is 19.4 Å². The zero-order valence-corrected chi connectivity index (χ0v) is 19.3. The van der Waals surface area contributed by atoms with E-state index in [-0.39, 0.29) is 23.6 Å². The fourth-order valence-corrected chi connectivity index (χ4v) is 8.32. The van der Waals surface area contributed by atoms with Crippen molar-refractivity contribution < 1.29 is 24.5 Å². The number of likely N-dealkylation sites (tertiary alicyclic amines) is 1. The van der Waals surface area contributed by atoms with Crippen molar-refractivity contribution in [2.24, 2.45) is 0 Å². The fourth-order valence-electron chi connectivity index (χ4n) is 8.32. The number of amides is 2. The first-order valence-electron chi connectivity index (χ1n) is 12.6. The molecule has 1 aromatic rings. The summed E-state index contributed by atoms with van der Waals surface area (Å²) >= 11 is 0. The van der Waals surface area contributed by atoms with Gasteiger partial charge in [0.1, 0.15) is 6.10 Å². The molecule has 2 amide bonds. The predicted octanol–water partition coefficient (Wildman–Crippen LogP) is 2.34. The minimum atomic E-state index is -1.07. The summed E-state index contributed by atoms with van der Waals surface area (Å²) in [6.07, 6.45) is 6.78. The third-order valence-corrected chi connectivity index (χ3v) is 9.66. The van der Waals surface area contributed by atoms with Gasteiger partial charge in [0.25, 0.3) is 11.8 Å². The van der Waals surface area contributed by atoms with Crippen molar-refractivity contribution in [3.63, 3.8) is 0 Å². The molecule has 3 aliphatic heterocycles. The highest BCUT2D eigenvalue weighted by Gasteiger charge is 2.74. The van der Waals surface area contributed by atoms with E-state index in [0.29, 0.717) is 62.0 Å². The molecule has 34 heavy (non-hydrogen) atoms. The van der Waals surface area contributed by atoms with Gasteiger partial charge in [-0.15, -0.1) is 6.58 Å². The van der Waals surface area contributed by atoms with Crippen LogP contribution in [-0.2, 0) is 21.4 Å². The Bertz CT molecular complexity index is 1160. The monoisotopic (exact) mass is 462 g/mol. The van der Waals surface area contributed by atoms with Crippen molar-refractivity contribution >= 4 is 11.8 Å². The Balaban J connectivity index is 1.38. The lowest BCUT2D eigenvalue weighted by Gasteiger charge is -2.64. The average molecular weight is 463 g/mol. The van der Waals surface area contributed by atoms with Gasteiger partial charge >= 0.3 is 0 Å². The number of rotatable bonds is 3. The quantitative estimate of drug-likeness (QED) is 0.530. The summed E-state index contributed by atoms with van der Waals surface area (Å²) in [6.45, 7) is 5.37. The minimum absolute atomic E-state index is 0.0621. The molecule has 1 unspecified atom stereocenters. The van der Waals surface area contributed by atoms with Gasteiger partial charge in [-0.1, -0.05) is 12.1 Å². The second-order valence-corrected chi connectivity index (χ2v) is 10.9. The summed E-state index contributed by atoms with van der Waals surface area (Å²) < 4.78 is 6.53. The number of carbonyl (C=O) groups is 2. The molecule has 178 valence electrons. The molecule has 1 saturated carbocycles. The number of aliphatic hydroxyl groups is 1. The van der Waals surface area contributed by atoms with Crippen LogP contribution in [0.5, 0.6) is 11.5 Å². The van der Waals surface area contributed by atoms with Gasteiger partial charge in [0.2, 0.25) is 0 Å². The second-order valence-electron chi connectivity index (χ2n) is 10.9. The first-order chi connectivity index (χ1) is 16.4. The van der Waals surface area contributed by atoms with E-state index >= 15 is 0 Å². The molecule has 0 radical (unpaired) electrons. The van der Waals surface area contributed by atoms with E-state index in [0.717, 1.165) is 30.5 Å². The molecule has 2 N–H and O–H groups in total. The van der Waals surface area contributed by atoms with Crippen LogP contribution in [0.25, 0.3) is 0 Å². The SMILES string of the molecule is C=CCN1CC[C@]23c4c5ccc(O)c4O[C@H]2[C@H](N2C(=O)C4=C(CCCC4)C2=O)CCC3(O)[C@H]1C5. The highest BCUT2D eigenvalue weighted by Crippen LogP contribution is 2.66. The van der Waals surface area contributed by atoms with Crippen LogP contribution in [-0.4, -0.2) is 68.7 Å². The van der Waals surface area contributed by atoms with E-state index in [1.807, 2.05) is 12.1 Å². The van der Waals surface area contributed by atoms with E-state index in [1.54, 1.807) is 6.07 Å². The second kappa shape index (κ2) is 6.73. The number of ether oxygens (including phenoxy) is 1. The summed E-state index contributed by atoms with van der Waals surface area (Å²) in [4.78, 5) is 30.7. The number of nitrogens with zero attached hydrogens (tertiary/aromatic N) is 2. The zero-order valence-electron chi connectivity index (χ0n) is 19.3. The largest absolute Gasteiger partial charge is 0.504 e. The lowest BCUT2D eigenvalue weighted by molar-refractivity contribution is -0.199. The maximum absolute atomic E-state index is 13.5. The number of imide groups is 1. The summed E-state index contributed by atoms with van der Waals surface area (Å²) in [5.41, 5.74) is 1.50. The Kier molecular flexibility index (Phi) is 4.10. The number of hydrogen-bond acceptors (Lipinski definition) is 6. The summed E-state index contributed by atoms with van der Waals surface area (Å²) in [5.74, 6) is 0.145. The van der Waals surface area contributed by atoms with Crippen LogP contribution in [0.4, 0.5) is 0 Å². The molecule has 3 heterocycles. The Labute approximate surface area is 198 Å². The third-order valence-electron chi connectivity index (χ3n) is 9.66. The standard InChI is InChI=1S/C27H30N2O5/c1-2-12-28-13-11-26-21-15-7-8-19(30)22(21)34-23(26)18(9-10-27(26,33)20(28)14-15)29-24(31)16-5-3-4-6-17(16)25(29)32/h2,7-8,18,20,23,30,33H,1,3-6,9-14H2/t18-,20-,23+,26+,27?/m1/s1. The van der Waals surface area contributed by atoms with Gasteiger partial charge in [-0.05, 0) is 69.5 Å². The number of benzene rings is 1. The first-order valence-corrected chi connectivity index (χ1v) is 12.6. The van der Waals surface area contributed by atoms with Gasteiger partial charge in [0.05, 0.1) is 17.1 Å². The molecule has 5 atom stereocenters. The number of piperidine rings is 1. The Morgan fingerprint density at radius 1 is 1.15 bits per heavy atom. The van der Waals surface area contributed by atoms with Gasteiger partial charge < -0.3 is 14.9 Å². The third kappa shape index (κ3) is 2.21. The maximum atomic E-state index is 13.5. The highest BCUT2D eigenvalue weighted by molar-refractivity contribution is 6.19. The number of hydrogen-bond donors (Lipinski definition) is 2. The van der Waals surface area contributed by atoms with Gasteiger partial charge in [-0.25, -0.2) is 0 Å². The Hall–Kier alpha value is -2.64. The van der Waals surface area contributed by atoms with Gasteiger partial charge in [-0.2, -0.15) is 0 Å². The number of aromatic hydroxyl groups is 1. The summed E-state index contributed by atoms with van der Waals surface area (Å²) in [7, 11) is 0. The predicted molar refractivity (Wildman–Crippen MR) is 123 cm³/mol. The molecule has 2 fully saturated rings. The van der Waals surface area contributed by atoms with Crippen molar-refractivity contribution in [2.75, 3.05) is 13.1 Å². The average Bonchev–Trinajstić information content (AvgIpc) is 3.31. The van der Waals surface area contributed by atoms with Crippen molar-refractivity contribution in [3.05, 3.63) is 47.1 Å². The van der Waals surface area contributed by atoms with Crippen LogP contribution in [0.3, 0.4) is 0 Å². The molecular weight excluding hydrogens is 432 g/mol. The van der Waals surface area contributed by atoms with E-state index < -0.39 is 23.2 Å². The number of phenolic OH excluding ortho intramolecular Hbond substituents is 1. The maximum Gasteiger partial charge on any atom is 0.257 e. The molecule has 7 rings (SSSR count). The summed E-state index contributed by atoms with van der Waals surface area (Å²) in [6, 6.07) is 3.05. The lowest BCUT2D eigenvalue weighted by Crippen LogP contribution is -2.78. The molecule has 6 aliphatic rings. The molecule has 0 aromatic heterocycles. The van der Waals surface area contributed by atoms with Crippen LogP contribution < -0.4 is 4.74 Å². The topological polar surface area (TPSA) is 90.3 Å². The smallest absolute Gasteiger partial charge is 0.257 e. The molecule has 1 spiro atoms. The van der Waals surface area contributed by atoms with E-state index in [9.17, 15) is 19.8 Å². The molecule has 7 heteroatoms. The summed E-state index contributed by atoms with van der Waals surface area (Å²) in [5, 5.41) is 23.2. The molecule has 7 nitrogen and oxygen atoms in total. The van der Waals surface area contributed by atoms with Crippen LogP contribution in [0.1, 0.15) is 56.1 Å². The Morgan fingerprint density at radius 3 is 2.59 bits per heavy atom. The Morgan fingerprint density at radius 2 is 1.88 bits per heavy atom. The number of carbonyl (C=O) groups excluding carboxylic acids is 2. The number of phenols is 1. The van der Waals surface area contributed by atoms with Gasteiger partial charge in [0, 0.05) is 29.3 Å². The molecular formula is C27H30N2O5. The van der Waals surface area contributed by atoms with Crippen LogP contribution in [0, 0.1) is 0 Å². The molecule has 2 bridgehead atoms. The van der Waals surface area contributed by atoms with E-state index in [2.05, 4.69) is 11.5 Å². The van der Waals surface area contributed by atoms with Crippen molar-refractivity contribution in [2.45, 2.75) is 80.6 Å². The first kappa shape index (κ1) is 20.7. The van der Waals surface area contributed by atoms with Crippen molar-refractivity contribution in [1.29, 1.82) is 0 Å². The normalized spacial score (nSPS) is 38.0. The molecule has 1 aromatic carbocycles.